The van der Waals surface area contributed by atoms with E-state index in [1.54, 1.807) is 0 Å². The molecule has 24 heavy (non-hydrogen) atoms. The third kappa shape index (κ3) is 3.73. The van der Waals surface area contributed by atoms with Crippen LogP contribution in [0.5, 0.6) is 0 Å². The average molecular weight is 328 g/mol. The van der Waals surface area contributed by atoms with Crippen molar-refractivity contribution in [2.24, 2.45) is 5.10 Å². The van der Waals surface area contributed by atoms with E-state index < -0.39 is 0 Å². The van der Waals surface area contributed by atoms with Crippen molar-refractivity contribution in [2.75, 3.05) is 50.7 Å². The molecule has 0 aromatic heterocycles. The molecule has 5 nitrogen and oxygen atoms in total. The van der Waals surface area contributed by atoms with Crippen LogP contribution in [0, 0.1) is 0 Å². The van der Waals surface area contributed by atoms with Crippen molar-refractivity contribution >= 4 is 17.6 Å². The maximum absolute atomic E-state index is 4.61. The van der Waals surface area contributed by atoms with Crippen molar-refractivity contribution in [1.82, 2.24) is 4.90 Å². The predicted octanol–water partition coefficient (Wildman–Crippen LogP) is 1.40. The van der Waals surface area contributed by atoms with Gasteiger partial charge >= 0.3 is 0 Å². The van der Waals surface area contributed by atoms with Crippen LogP contribution < -0.4 is 15.2 Å². The van der Waals surface area contributed by atoms with Gasteiger partial charge in [-0.1, -0.05) is 0 Å². The number of anilines is 2. The molecule has 0 unspecified atom stereocenters. The Morgan fingerprint density at radius 2 is 1.83 bits per heavy atom. The highest BCUT2D eigenvalue weighted by Gasteiger charge is 2.24. The molecule has 2 heterocycles. The molecule has 0 spiro atoms. The number of nitrogens with zero attached hydrogens (tertiary/aromatic N) is 4. The SMILES string of the molecule is C[NH2+]/C=C\N(C)C/C=N/N(C)c1cc2c3c(c1)CCCN3CCC2. The third-order valence-electron chi connectivity index (χ3n) is 4.85. The van der Waals surface area contributed by atoms with Gasteiger partial charge in [-0.05, 0) is 48.9 Å². The Labute approximate surface area is 145 Å². The molecule has 2 aliphatic heterocycles. The second-order valence-corrected chi connectivity index (χ2v) is 6.74. The highest BCUT2D eigenvalue weighted by Crippen LogP contribution is 2.38. The second-order valence-electron chi connectivity index (χ2n) is 6.74. The van der Waals surface area contributed by atoms with Crippen molar-refractivity contribution in [2.45, 2.75) is 25.7 Å². The first-order chi connectivity index (χ1) is 11.7. The van der Waals surface area contributed by atoms with E-state index in [1.165, 1.54) is 61.3 Å². The first kappa shape index (κ1) is 16.8. The van der Waals surface area contributed by atoms with Crippen LogP contribution in [0.1, 0.15) is 24.0 Å². The highest BCUT2D eigenvalue weighted by atomic mass is 15.4. The molecule has 0 saturated heterocycles. The zero-order valence-corrected chi connectivity index (χ0v) is 15.2. The van der Waals surface area contributed by atoms with E-state index in [0.29, 0.717) is 0 Å². The van der Waals surface area contributed by atoms with Crippen LogP contribution >= 0.6 is 0 Å². The van der Waals surface area contributed by atoms with Crippen LogP contribution in [0.4, 0.5) is 11.4 Å². The highest BCUT2D eigenvalue weighted by molar-refractivity contribution is 5.70. The minimum Gasteiger partial charge on any atom is -0.371 e. The molecule has 0 amide bonds. The molecule has 0 radical (unpaired) electrons. The molecular weight excluding hydrogens is 298 g/mol. The zero-order chi connectivity index (χ0) is 16.9. The Kier molecular flexibility index (Phi) is 5.41. The standard InChI is InChI=1S/C19H29N5/c1-20-8-12-22(2)13-9-21-23(3)18-14-16-6-4-10-24-11-5-7-17(15-18)19(16)24/h8-9,12,14-15,20H,4-7,10-11,13H2,1-3H3/p+1/b12-8-,21-9+. The van der Waals surface area contributed by atoms with Gasteiger partial charge in [-0.25, -0.2) is 0 Å². The van der Waals surface area contributed by atoms with E-state index in [1.807, 2.05) is 36.8 Å². The first-order valence-corrected chi connectivity index (χ1v) is 9.02. The van der Waals surface area contributed by atoms with E-state index in [-0.39, 0.29) is 0 Å². The molecular formula is C19H30N5+. The largest absolute Gasteiger partial charge is 0.371 e. The summed E-state index contributed by atoms with van der Waals surface area (Å²) in [5, 5.41) is 8.65. The van der Waals surface area contributed by atoms with Crippen LogP contribution in [0.3, 0.4) is 0 Å². The van der Waals surface area contributed by atoms with Crippen molar-refractivity contribution in [3.05, 3.63) is 35.7 Å². The van der Waals surface area contributed by atoms with E-state index in [0.717, 1.165) is 6.54 Å². The Morgan fingerprint density at radius 1 is 1.17 bits per heavy atom. The van der Waals surface area contributed by atoms with E-state index in [2.05, 4.69) is 40.3 Å². The molecule has 2 N–H and O–H groups in total. The number of nitrogens with two attached hydrogens (primary N) is 1. The minimum atomic E-state index is 0.806. The molecule has 1 aromatic rings. The van der Waals surface area contributed by atoms with Crippen LogP contribution in [0.25, 0.3) is 0 Å². The zero-order valence-electron chi connectivity index (χ0n) is 15.2. The van der Waals surface area contributed by atoms with Gasteiger partial charge in [0.05, 0.1) is 25.5 Å². The second kappa shape index (κ2) is 7.71. The molecule has 0 fully saturated rings. The lowest BCUT2D eigenvalue weighted by atomic mass is 9.91. The molecule has 3 rings (SSSR count). The monoisotopic (exact) mass is 328 g/mol. The molecule has 5 heteroatoms. The van der Waals surface area contributed by atoms with Crippen molar-refractivity contribution < 1.29 is 5.32 Å². The van der Waals surface area contributed by atoms with Gasteiger partial charge in [0, 0.05) is 39.1 Å². The summed E-state index contributed by atoms with van der Waals surface area (Å²) in [5.74, 6) is 0. The molecule has 2 aliphatic rings. The summed E-state index contributed by atoms with van der Waals surface area (Å²) in [6, 6.07) is 4.67. The number of hydrogen-bond donors (Lipinski definition) is 1. The smallest absolute Gasteiger partial charge is 0.108 e. The van der Waals surface area contributed by atoms with Gasteiger partial charge < -0.3 is 15.1 Å². The fourth-order valence-electron chi connectivity index (χ4n) is 3.62. The Hall–Kier alpha value is -2.01. The van der Waals surface area contributed by atoms with Crippen LogP contribution in [-0.4, -0.2) is 51.9 Å². The van der Waals surface area contributed by atoms with Gasteiger partial charge in [0.25, 0.3) is 0 Å². The number of hydrogen-bond acceptors (Lipinski definition) is 4. The van der Waals surface area contributed by atoms with E-state index >= 15 is 0 Å². The summed E-state index contributed by atoms with van der Waals surface area (Å²) in [7, 11) is 6.13. The van der Waals surface area contributed by atoms with Gasteiger partial charge in [0.15, 0.2) is 0 Å². The summed E-state index contributed by atoms with van der Waals surface area (Å²) in [6.07, 6.45) is 11.0. The normalized spacial score (nSPS) is 16.7. The Bertz CT molecular complexity index is 591. The van der Waals surface area contributed by atoms with Crippen molar-refractivity contribution in [3.8, 4) is 0 Å². The number of aryl methyl sites for hydroxylation is 2. The fourth-order valence-corrected chi connectivity index (χ4v) is 3.62. The summed E-state index contributed by atoms with van der Waals surface area (Å²) in [5.41, 5.74) is 5.75. The summed E-state index contributed by atoms with van der Waals surface area (Å²) in [6.45, 7) is 3.25. The maximum atomic E-state index is 4.61. The number of hydrazone groups is 1. The first-order valence-electron chi connectivity index (χ1n) is 9.02. The number of benzene rings is 1. The van der Waals surface area contributed by atoms with Crippen LogP contribution in [-0.2, 0) is 12.8 Å². The summed E-state index contributed by atoms with van der Waals surface area (Å²) < 4.78 is 0. The van der Waals surface area contributed by atoms with Crippen molar-refractivity contribution in [3.63, 3.8) is 0 Å². The molecule has 0 saturated carbocycles. The molecule has 0 atom stereocenters. The fraction of sp³-hybridized carbons (Fsp3) is 0.526. The molecule has 1 aromatic carbocycles. The quantitative estimate of drug-likeness (QED) is 0.634. The van der Waals surface area contributed by atoms with Crippen molar-refractivity contribution in [1.29, 1.82) is 0 Å². The van der Waals surface area contributed by atoms with Gasteiger partial charge in [-0.15, -0.1) is 0 Å². The summed E-state index contributed by atoms with van der Waals surface area (Å²) >= 11 is 0. The Balaban J connectivity index is 1.72. The third-order valence-corrected chi connectivity index (χ3v) is 4.85. The van der Waals surface area contributed by atoms with E-state index in [4.69, 9.17) is 0 Å². The predicted molar refractivity (Wildman–Crippen MR) is 102 cm³/mol. The Morgan fingerprint density at radius 3 is 2.46 bits per heavy atom. The molecule has 130 valence electrons. The lowest BCUT2D eigenvalue weighted by Crippen LogP contribution is -2.72. The minimum absolute atomic E-state index is 0.806. The maximum Gasteiger partial charge on any atom is 0.108 e. The number of quaternary nitrogens is 1. The van der Waals surface area contributed by atoms with Crippen LogP contribution in [0.15, 0.2) is 29.6 Å². The lowest BCUT2D eigenvalue weighted by molar-refractivity contribution is -0.557. The topological polar surface area (TPSA) is 38.7 Å². The van der Waals surface area contributed by atoms with Gasteiger partial charge in [-0.3, -0.25) is 5.01 Å². The van der Waals surface area contributed by atoms with E-state index in [9.17, 15) is 0 Å². The van der Waals surface area contributed by atoms with Crippen LogP contribution in [0.2, 0.25) is 0 Å². The summed E-state index contributed by atoms with van der Waals surface area (Å²) in [4.78, 5) is 4.70. The van der Waals surface area contributed by atoms with Gasteiger partial charge in [-0.2, -0.15) is 5.10 Å². The lowest BCUT2D eigenvalue weighted by Gasteiger charge is -2.37. The molecule has 0 aliphatic carbocycles. The van der Waals surface area contributed by atoms with Gasteiger partial charge in [0.1, 0.15) is 6.20 Å². The van der Waals surface area contributed by atoms with Gasteiger partial charge in [0.2, 0.25) is 0 Å². The molecule has 0 bridgehead atoms. The number of rotatable bonds is 6. The average Bonchev–Trinajstić information content (AvgIpc) is 2.60.